The first-order valence-corrected chi connectivity index (χ1v) is 9.18. The first kappa shape index (κ1) is 16.9. The molecule has 1 atom stereocenters. The molecule has 9 heteroatoms. The number of nitrogens with zero attached hydrogens (tertiary/aromatic N) is 2. The number of hydrogen-bond donors (Lipinski definition) is 3. The van der Waals surface area contributed by atoms with Crippen molar-refractivity contribution < 1.29 is 13.2 Å². The van der Waals surface area contributed by atoms with E-state index in [1.807, 2.05) is 10.9 Å². The molecule has 3 N–H and O–H groups in total. The first-order valence-electron chi connectivity index (χ1n) is 7.53. The summed E-state index contributed by atoms with van der Waals surface area (Å²) in [6, 6.07) is 1.96. The average Bonchev–Trinajstić information content (AvgIpc) is 3.02. The van der Waals surface area contributed by atoms with Gasteiger partial charge in [-0.2, -0.15) is 5.10 Å². The summed E-state index contributed by atoms with van der Waals surface area (Å²) in [6.07, 6.45) is 3.96. The van der Waals surface area contributed by atoms with Crippen LogP contribution in [0, 0.1) is 0 Å². The molecule has 1 aromatic heterocycles. The molecule has 8 nitrogen and oxygen atoms in total. The molecule has 2 heterocycles. The number of nitrogens with one attached hydrogen (secondary N) is 3. The Morgan fingerprint density at radius 3 is 3.00 bits per heavy atom. The van der Waals surface area contributed by atoms with Gasteiger partial charge in [0.1, 0.15) is 5.69 Å². The second-order valence-electron chi connectivity index (χ2n) is 5.23. The topological polar surface area (TPSA) is 105 Å². The third-order valence-corrected chi connectivity index (χ3v) is 5.00. The molecule has 0 spiro atoms. The van der Waals surface area contributed by atoms with E-state index in [2.05, 4.69) is 20.5 Å². The van der Waals surface area contributed by atoms with Crippen molar-refractivity contribution in [3.05, 3.63) is 18.0 Å². The van der Waals surface area contributed by atoms with E-state index in [1.165, 1.54) is 0 Å². The fraction of sp³-hybridized carbons (Fsp3) is 0.692. The summed E-state index contributed by atoms with van der Waals surface area (Å²) < 4.78 is 26.7. The number of sulfonamides is 1. The van der Waals surface area contributed by atoms with Gasteiger partial charge in [0, 0.05) is 25.8 Å². The van der Waals surface area contributed by atoms with Gasteiger partial charge in [-0.3, -0.25) is 9.48 Å². The third-order valence-electron chi connectivity index (χ3n) is 3.60. The smallest absolute Gasteiger partial charge is 0.271 e. The summed E-state index contributed by atoms with van der Waals surface area (Å²) in [5.41, 5.74) is 0.351. The number of piperidine rings is 1. The van der Waals surface area contributed by atoms with Gasteiger partial charge in [-0.25, -0.2) is 13.1 Å². The van der Waals surface area contributed by atoms with Crippen molar-refractivity contribution in [3.8, 4) is 0 Å². The molecule has 1 aliphatic heterocycles. The van der Waals surface area contributed by atoms with E-state index in [0.717, 1.165) is 25.9 Å². The maximum Gasteiger partial charge on any atom is 0.271 e. The van der Waals surface area contributed by atoms with Gasteiger partial charge in [0.25, 0.3) is 5.91 Å². The van der Waals surface area contributed by atoms with Gasteiger partial charge in [-0.1, -0.05) is 0 Å². The Hall–Kier alpha value is -1.45. The SMILES string of the molecule is CCS(=O)(=O)NCCNC(=O)c1ccn(C2CCCNC2)n1. The van der Waals surface area contributed by atoms with Crippen LogP contribution in [0.1, 0.15) is 36.3 Å². The number of hydrogen-bond acceptors (Lipinski definition) is 5. The van der Waals surface area contributed by atoms with Crippen LogP contribution < -0.4 is 15.4 Å². The van der Waals surface area contributed by atoms with Crippen molar-refractivity contribution in [1.82, 2.24) is 25.1 Å². The Morgan fingerprint density at radius 2 is 2.32 bits per heavy atom. The summed E-state index contributed by atoms with van der Waals surface area (Å²) in [6.45, 7) is 3.86. The van der Waals surface area contributed by atoms with Crippen LogP contribution in [-0.2, 0) is 10.0 Å². The van der Waals surface area contributed by atoms with Crippen molar-refractivity contribution in [1.29, 1.82) is 0 Å². The molecule has 22 heavy (non-hydrogen) atoms. The minimum absolute atomic E-state index is 0.0285. The van der Waals surface area contributed by atoms with Crippen LogP contribution in [0.4, 0.5) is 0 Å². The molecule has 0 aliphatic carbocycles. The van der Waals surface area contributed by atoms with Crippen molar-refractivity contribution in [2.75, 3.05) is 31.9 Å². The van der Waals surface area contributed by atoms with Crippen molar-refractivity contribution in [3.63, 3.8) is 0 Å². The molecule has 1 amide bonds. The van der Waals surface area contributed by atoms with E-state index >= 15 is 0 Å². The molecule has 0 radical (unpaired) electrons. The molecule has 2 rings (SSSR count). The van der Waals surface area contributed by atoms with Crippen molar-refractivity contribution in [2.24, 2.45) is 0 Å². The van der Waals surface area contributed by atoms with E-state index in [0.29, 0.717) is 5.69 Å². The maximum atomic E-state index is 12.0. The first-order chi connectivity index (χ1) is 10.5. The predicted octanol–water partition coefficient (Wildman–Crippen LogP) is -0.523. The van der Waals surface area contributed by atoms with Crippen LogP contribution in [0.25, 0.3) is 0 Å². The zero-order chi connectivity index (χ0) is 16.0. The Kier molecular flexibility index (Phi) is 5.92. The second kappa shape index (κ2) is 7.70. The lowest BCUT2D eigenvalue weighted by Crippen LogP contribution is -2.35. The molecule has 0 bridgehead atoms. The highest BCUT2D eigenvalue weighted by Crippen LogP contribution is 2.15. The zero-order valence-corrected chi connectivity index (χ0v) is 13.5. The van der Waals surface area contributed by atoms with E-state index < -0.39 is 10.0 Å². The third kappa shape index (κ3) is 4.79. The highest BCUT2D eigenvalue weighted by Gasteiger charge is 2.17. The van der Waals surface area contributed by atoms with Gasteiger partial charge in [0.05, 0.1) is 11.8 Å². The number of aromatic nitrogens is 2. The quantitative estimate of drug-likeness (QED) is 0.584. The standard InChI is InChI=1S/C13H23N5O3S/c1-2-22(20,21)16-8-7-15-13(19)12-5-9-18(17-12)11-4-3-6-14-10-11/h5,9,11,14,16H,2-4,6-8,10H2,1H3,(H,15,19). The fourth-order valence-electron chi connectivity index (χ4n) is 2.30. The molecule has 1 unspecified atom stereocenters. The highest BCUT2D eigenvalue weighted by molar-refractivity contribution is 7.89. The monoisotopic (exact) mass is 329 g/mol. The summed E-state index contributed by atoms with van der Waals surface area (Å²) >= 11 is 0. The van der Waals surface area contributed by atoms with Crippen LogP contribution in [0.15, 0.2) is 12.3 Å². The summed E-state index contributed by atoms with van der Waals surface area (Å²) in [4.78, 5) is 12.0. The number of carbonyl (C=O) groups is 1. The summed E-state index contributed by atoms with van der Waals surface area (Å²) in [5.74, 6) is -0.265. The molecule has 0 aromatic carbocycles. The Balaban J connectivity index is 1.79. The van der Waals surface area contributed by atoms with E-state index in [-0.39, 0.29) is 30.8 Å². The van der Waals surface area contributed by atoms with Crippen molar-refractivity contribution in [2.45, 2.75) is 25.8 Å². The van der Waals surface area contributed by atoms with Gasteiger partial charge in [-0.15, -0.1) is 0 Å². The minimum Gasteiger partial charge on any atom is -0.349 e. The van der Waals surface area contributed by atoms with Crippen LogP contribution in [0.3, 0.4) is 0 Å². The largest absolute Gasteiger partial charge is 0.349 e. The Bertz CT molecular complexity index is 593. The molecule has 124 valence electrons. The molecular weight excluding hydrogens is 306 g/mol. The van der Waals surface area contributed by atoms with E-state index in [4.69, 9.17) is 0 Å². The molecule has 1 saturated heterocycles. The van der Waals surface area contributed by atoms with Gasteiger partial charge >= 0.3 is 0 Å². The molecule has 1 aliphatic rings. The highest BCUT2D eigenvalue weighted by atomic mass is 32.2. The summed E-state index contributed by atoms with van der Waals surface area (Å²) in [7, 11) is -3.22. The fourth-order valence-corrected chi connectivity index (χ4v) is 2.91. The van der Waals surface area contributed by atoms with Gasteiger partial charge in [0.2, 0.25) is 10.0 Å². The molecule has 1 aromatic rings. The van der Waals surface area contributed by atoms with Gasteiger partial charge in [0.15, 0.2) is 0 Å². The zero-order valence-electron chi connectivity index (χ0n) is 12.7. The number of carbonyl (C=O) groups excluding carboxylic acids is 1. The lowest BCUT2D eigenvalue weighted by molar-refractivity contribution is 0.0948. The van der Waals surface area contributed by atoms with Crippen LogP contribution in [-0.4, -0.2) is 56.0 Å². The number of rotatable bonds is 7. The van der Waals surface area contributed by atoms with Crippen LogP contribution >= 0.6 is 0 Å². The average molecular weight is 329 g/mol. The Morgan fingerprint density at radius 1 is 1.50 bits per heavy atom. The normalized spacial score (nSPS) is 19.0. The molecule has 1 fully saturated rings. The van der Waals surface area contributed by atoms with Gasteiger partial charge in [-0.05, 0) is 32.4 Å². The van der Waals surface area contributed by atoms with Crippen molar-refractivity contribution >= 4 is 15.9 Å². The van der Waals surface area contributed by atoms with Crippen LogP contribution in [0.2, 0.25) is 0 Å². The minimum atomic E-state index is -3.22. The van der Waals surface area contributed by atoms with Gasteiger partial charge < -0.3 is 10.6 Å². The maximum absolute atomic E-state index is 12.0. The summed E-state index contributed by atoms with van der Waals surface area (Å²) in [5, 5.41) is 10.3. The molecule has 0 saturated carbocycles. The molecular formula is C13H23N5O3S. The second-order valence-corrected chi connectivity index (χ2v) is 7.33. The number of amides is 1. The Labute approximate surface area is 130 Å². The lowest BCUT2D eigenvalue weighted by atomic mass is 10.1. The van der Waals surface area contributed by atoms with E-state index in [9.17, 15) is 13.2 Å². The predicted molar refractivity (Wildman–Crippen MR) is 83.2 cm³/mol. The van der Waals surface area contributed by atoms with Crippen LogP contribution in [0.5, 0.6) is 0 Å². The lowest BCUT2D eigenvalue weighted by Gasteiger charge is -2.22. The van der Waals surface area contributed by atoms with E-state index in [1.54, 1.807) is 13.0 Å².